The third kappa shape index (κ3) is 4.78. The molecule has 20 heavy (non-hydrogen) atoms. The average Bonchev–Trinajstić information content (AvgIpc) is 2.43. The van der Waals surface area contributed by atoms with Crippen LogP contribution in [0.2, 0.25) is 0 Å². The van der Waals surface area contributed by atoms with E-state index in [1.54, 1.807) is 0 Å². The summed E-state index contributed by atoms with van der Waals surface area (Å²) in [5, 5.41) is 0. The van der Waals surface area contributed by atoms with Crippen LogP contribution in [0.5, 0.6) is 5.75 Å². The predicted molar refractivity (Wildman–Crippen MR) is 83.3 cm³/mol. The van der Waals surface area contributed by atoms with E-state index in [1.165, 1.54) is 38.9 Å². The van der Waals surface area contributed by atoms with Gasteiger partial charge in [-0.2, -0.15) is 0 Å². The van der Waals surface area contributed by atoms with Crippen LogP contribution in [0.15, 0.2) is 12.1 Å². The minimum Gasteiger partial charge on any atom is -0.493 e. The molecule has 1 aliphatic rings. The van der Waals surface area contributed by atoms with Crippen LogP contribution in [0.1, 0.15) is 44.0 Å². The molecule has 3 nitrogen and oxygen atoms in total. The third-order valence-electron chi connectivity index (χ3n) is 4.23. The minimum atomic E-state index is 0.802. The molecule has 1 aliphatic heterocycles. The van der Waals surface area contributed by atoms with Gasteiger partial charge in [-0.25, -0.2) is 0 Å². The van der Waals surface area contributed by atoms with Gasteiger partial charge in [-0.15, -0.1) is 0 Å². The minimum absolute atomic E-state index is 0.802. The first kappa shape index (κ1) is 15.3. The number of aryl methyl sites for hydroxylation is 2. The van der Waals surface area contributed by atoms with Crippen molar-refractivity contribution in [3.05, 3.63) is 23.5 Å². The van der Waals surface area contributed by atoms with Crippen molar-refractivity contribution in [2.24, 2.45) is 5.92 Å². The Morgan fingerprint density at radius 2 is 1.85 bits per heavy atom. The van der Waals surface area contributed by atoms with Crippen molar-refractivity contribution in [3.8, 4) is 5.75 Å². The lowest BCUT2D eigenvalue weighted by atomic mass is 9.94. The predicted octanol–water partition coefficient (Wildman–Crippen LogP) is 3.59. The molecule has 3 heteroatoms. The van der Waals surface area contributed by atoms with Gasteiger partial charge in [-0.1, -0.05) is 13.3 Å². The van der Waals surface area contributed by atoms with Crippen LogP contribution in [0.3, 0.4) is 0 Å². The SMILES string of the molecule is CCC1CCN(CCCOc2cc(C)nc(C)c2)CC1. The van der Waals surface area contributed by atoms with Gasteiger partial charge in [0.1, 0.15) is 5.75 Å². The summed E-state index contributed by atoms with van der Waals surface area (Å²) < 4.78 is 5.83. The Kier molecular flexibility index (Phi) is 5.84. The summed E-state index contributed by atoms with van der Waals surface area (Å²) in [5.74, 6) is 1.92. The molecule has 1 saturated heterocycles. The molecule has 0 saturated carbocycles. The zero-order valence-electron chi connectivity index (χ0n) is 13.2. The van der Waals surface area contributed by atoms with E-state index in [4.69, 9.17) is 4.74 Å². The number of likely N-dealkylation sites (tertiary alicyclic amines) is 1. The van der Waals surface area contributed by atoms with E-state index in [-0.39, 0.29) is 0 Å². The molecule has 0 N–H and O–H groups in total. The molecule has 0 unspecified atom stereocenters. The van der Waals surface area contributed by atoms with Crippen molar-refractivity contribution in [2.75, 3.05) is 26.2 Å². The largest absolute Gasteiger partial charge is 0.493 e. The van der Waals surface area contributed by atoms with Crippen molar-refractivity contribution >= 4 is 0 Å². The fraction of sp³-hybridized carbons (Fsp3) is 0.706. The highest BCUT2D eigenvalue weighted by molar-refractivity contribution is 5.25. The van der Waals surface area contributed by atoms with E-state index >= 15 is 0 Å². The lowest BCUT2D eigenvalue weighted by molar-refractivity contribution is 0.169. The Hall–Kier alpha value is -1.09. The van der Waals surface area contributed by atoms with E-state index in [0.29, 0.717) is 0 Å². The van der Waals surface area contributed by atoms with Gasteiger partial charge in [0.2, 0.25) is 0 Å². The summed E-state index contributed by atoms with van der Waals surface area (Å²) in [7, 11) is 0. The molecule has 1 fully saturated rings. The highest BCUT2D eigenvalue weighted by atomic mass is 16.5. The zero-order chi connectivity index (χ0) is 14.4. The molecule has 112 valence electrons. The number of rotatable bonds is 6. The van der Waals surface area contributed by atoms with Crippen LogP contribution in [0.25, 0.3) is 0 Å². The molecule has 0 aromatic carbocycles. The van der Waals surface area contributed by atoms with Crippen molar-refractivity contribution in [1.29, 1.82) is 0 Å². The molecule has 0 atom stereocenters. The van der Waals surface area contributed by atoms with Crippen molar-refractivity contribution in [2.45, 2.75) is 46.5 Å². The molecule has 0 bridgehead atoms. The molecule has 2 rings (SSSR count). The monoisotopic (exact) mass is 276 g/mol. The number of aromatic nitrogens is 1. The second kappa shape index (κ2) is 7.63. The van der Waals surface area contributed by atoms with Crippen LogP contribution in [-0.2, 0) is 0 Å². The first-order valence-electron chi connectivity index (χ1n) is 7.98. The topological polar surface area (TPSA) is 25.4 Å². The van der Waals surface area contributed by atoms with Crippen molar-refractivity contribution in [1.82, 2.24) is 9.88 Å². The van der Waals surface area contributed by atoms with Gasteiger partial charge >= 0.3 is 0 Å². The summed E-state index contributed by atoms with van der Waals surface area (Å²) in [6.45, 7) is 10.8. The summed E-state index contributed by atoms with van der Waals surface area (Å²) >= 11 is 0. The zero-order valence-corrected chi connectivity index (χ0v) is 13.2. The Morgan fingerprint density at radius 1 is 1.20 bits per heavy atom. The highest BCUT2D eigenvalue weighted by Gasteiger charge is 2.16. The molecule has 1 aromatic rings. The second-order valence-corrected chi connectivity index (χ2v) is 5.98. The van der Waals surface area contributed by atoms with Crippen LogP contribution in [-0.4, -0.2) is 36.1 Å². The maximum Gasteiger partial charge on any atom is 0.122 e. The fourth-order valence-electron chi connectivity index (χ4n) is 2.98. The van der Waals surface area contributed by atoms with Gasteiger partial charge in [-0.3, -0.25) is 4.98 Å². The first-order valence-corrected chi connectivity index (χ1v) is 7.98. The van der Waals surface area contributed by atoms with E-state index in [9.17, 15) is 0 Å². The first-order chi connectivity index (χ1) is 9.67. The fourth-order valence-corrected chi connectivity index (χ4v) is 2.98. The average molecular weight is 276 g/mol. The van der Waals surface area contributed by atoms with Gasteiger partial charge in [0.15, 0.2) is 0 Å². The van der Waals surface area contributed by atoms with Gasteiger partial charge in [0, 0.05) is 30.1 Å². The summed E-state index contributed by atoms with van der Waals surface area (Å²) in [6, 6.07) is 4.03. The Morgan fingerprint density at radius 3 is 2.45 bits per heavy atom. The van der Waals surface area contributed by atoms with Crippen LogP contribution in [0, 0.1) is 19.8 Å². The highest BCUT2D eigenvalue weighted by Crippen LogP contribution is 2.20. The quantitative estimate of drug-likeness (QED) is 0.742. The molecular formula is C17H28N2O. The smallest absolute Gasteiger partial charge is 0.122 e. The maximum absolute atomic E-state index is 5.83. The molecule has 0 aliphatic carbocycles. The maximum atomic E-state index is 5.83. The number of nitrogens with zero attached hydrogens (tertiary/aromatic N) is 2. The normalized spacial score (nSPS) is 17.4. The molecular weight excluding hydrogens is 248 g/mol. The lowest BCUT2D eigenvalue weighted by Gasteiger charge is -2.31. The van der Waals surface area contributed by atoms with Gasteiger partial charge in [0.25, 0.3) is 0 Å². The standard InChI is InChI=1S/C17H28N2O/c1-4-16-6-9-19(10-7-16)8-5-11-20-17-12-14(2)18-15(3)13-17/h12-13,16H,4-11H2,1-3H3. The summed E-state index contributed by atoms with van der Waals surface area (Å²) in [4.78, 5) is 6.94. The van der Waals surface area contributed by atoms with Crippen LogP contribution in [0.4, 0.5) is 0 Å². The third-order valence-corrected chi connectivity index (χ3v) is 4.23. The van der Waals surface area contributed by atoms with E-state index in [1.807, 2.05) is 26.0 Å². The number of hydrogen-bond donors (Lipinski definition) is 0. The Balaban J connectivity index is 1.64. The molecule has 0 amide bonds. The second-order valence-electron chi connectivity index (χ2n) is 5.98. The Labute approximate surface area is 123 Å². The summed E-state index contributed by atoms with van der Waals surface area (Å²) in [6.07, 6.45) is 5.20. The molecule has 0 radical (unpaired) electrons. The van der Waals surface area contributed by atoms with Crippen LogP contribution >= 0.6 is 0 Å². The number of hydrogen-bond acceptors (Lipinski definition) is 3. The van der Waals surface area contributed by atoms with Gasteiger partial charge in [-0.05, 0) is 52.1 Å². The van der Waals surface area contributed by atoms with Crippen LogP contribution < -0.4 is 4.74 Å². The van der Waals surface area contributed by atoms with Crippen molar-refractivity contribution < 1.29 is 4.74 Å². The van der Waals surface area contributed by atoms with E-state index in [0.717, 1.165) is 36.1 Å². The lowest BCUT2D eigenvalue weighted by Crippen LogP contribution is -2.34. The van der Waals surface area contributed by atoms with Gasteiger partial charge < -0.3 is 9.64 Å². The van der Waals surface area contributed by atoms with Crippen molar-refractivity contribution in [3.63, 3.8) is 0 Å². The van der Waals surface area contributed by atoms with Gasteiger partial charge in [0.05, 0.1) is 6.61 Å². The van der Waals surface area contributed by atoms with E-state index < -0.39 is 0 Å². The number of piperidine rings is 1. The number of pyridine rings is 1. The number of ether oxygens (including phenoxy) is 1. The molecule has 0 spiro atoms. The molecule has 2 heterocycles. The van der Waals surface area contributed by atoms with E-state index in [2.05, 4.69) is 16.8 Å². The summed E-state index contributed by atoms with van der Waals surface area (Å²) in [5.41, 5.74) is 2.06. The molecule has 1 aromatic heterocycles. The Bertz CT molecular complexity index is 391.